The van der Waals surface area contributed by atoms with Gasteiger partial charge in [-0.05, 0) is 24.7 Å². The molecule has 20 heavy (non-hydrogen) atoms. The Labute approximate surface area is 125 Å². The summed E-state index contributed by atoms with van der Waals surface area (Å²) in [7, 11) is 0. The van der Waals surface area contributed by atoms with Crippen molar-refractivity contribution >= 4 is 17.7 Å². The van der Waals surface area contributed by atoms with Crippen molar-refractivity contribution in [3.8, 4) is 0 Å². The summed E-state index contributed by atoms with van der Waals surface area (Å²) in [6.45, 7) is 0.772. The summed E-state index contributed by atoms with van der Waals surface area (Å²) >= 11 is 1.89. The number of carbonyl (C=O) groups excluding carboxylic acids is 1. The fourth-order valence-corrected chi connectivity index (χ4v) is 3.74. The van der Waals surface area contributed by atoms with E-state index in [1.54, 1.807) is 0 Å². The minimum atomic E-state index is -0.218. The first kappa shape index (κ1) is 15.4. The average molecular weight is 292 g/mol. The molecule has 3 nitrogen and oxygen atoms in total. The van der Waals surface area contributed by atoms with Crippen LogP contribution in [0.3, 0.4) is 0 Å². The quantitative estimate of drug-likeness (QED) is 0.847. The minimum Gasteiger partial charge on any atom is -0.355 e. The highest BCUT2D eigenvalue weighted by molar-refractivity contribution is 8.00. The summed E-state index contributed by atoms with van der Waals surface area (Å²) in [5.74, 6) is 0.0571. The molecule has 0 heterocycles. The Bertz CT molecular complexity index is 429. The van der Waals surface area contributed by atoms with Gasteiger partial charge in [0.2, 0.25) is 5.91 Å². The number of benzene rings is 1. The SMILES string of the molecule is CSC1(CNC(=O)CC(N)c2ccccc2)CCCC1. The molecule has 0 spiro atoms. The smallest absolute Gasteiger partial charge is 0.221 e. The highest BCUT2D eigenvalue weighted by Crippen LogP contribution is 2.39. The fourth-order valence-electron chi connectivity index (χ4n) is 2.82. The van der Waals surface area contributed by atoms with E-state index in [0.717, 1.165) is 12.1 Å². The van der Waals surface area contributed by atoms with Crippen molar-refractivity contribution in [2.45, 2.75) is 42.9 Å². The number of nitrogens with two attached hydrogens (primary N) is 1. The first-order valence-electron chi connectivity index (χ1n) is 7.28. The zero-order valence-corrected chi connectivity index (χ0v) is 12.9. The van der Waals surface area contributed by atoms with Crippen LogP contribution >= 0.6 is 11.8 Å². The van der Waals surface area contributed by atoms with Gasteiger partial charge in [0.15, 0.2) is 0 Å². The van der Waals surface area contributed by atoms with Crippen LogP contribution in [0, 0.1) is 0 Å². The van der Waals surface area contributed by atoms with Crippen LogP contribution in [0.15, 0.2) is 30.3 Å². The first-order valence-corrected chi connectivity index (χ1v) is 8.50. The van der Waals surface area contributed by atoms with Crippen LogP contribution in [0.5, 0.6) is 0 Å². The van der Waals surface area contributed by atoms with Gasteiger partial charge in [-0.25, -0.2) is 0 Å². The lowest BCUT2D eigenvalue weighted by Gasteiger charge is -2.27. The second-order valence-corrected chi connectivity index (χ2v) is 6.87. The molecule has 1 aliphatic rings. The van der Waals surface area contributed by atoms with Crippen LogP contribution in [0.1, 0.15) is 43.7 Å². The molecule has 4 heteroatoms. The van der Waals surface area contributed by atoms with Crippen LogP contribution in [0.25, 0.3) is 0 Å². The van der Waals surface area contributed by atoms with E-state index in [4.69, 9.17) is 5.73 Å². The molecular weight excluding hydrogens is 268 g/mol. The van der Waals surface area contributed by atoms with Crippen molar-refractivity contribution in [1.29, 1.82) is 0 Å². The largest absolute Gasteiger partial charge is 0.355 e. The van der Waals surface area contributed by atoms with Gasteiger partial charge >= 0.3 is 0 Å². The van der Waals surface area contributed by atoms with Crippen molar-refractivity contribution in [3.63, 3.8) is 0 Å². The molecule has 1 fully saturated rings. The highest BCUT2D eigenvalue weighted by Gasteiger charge is 2.33. The maximum Gasteiger partial charge on any atom is 0.221 e. The molecule has 0 aliphatic heterocycles. The van der Waals surface area contributed by atoms with E-state index >= 15 is 0 Å². The highest BCUT2D eigenvalue weighted by atomic mass is 32.2. The van der Waals surface area contributed by atoms with Crippen molar-refractivity contribution in [2.24, 2.45) is 5.73 Å². The van der Waals surface area contributed by atoms with Gasteiger partial charge in [0.1, 0.15) is 0 Å². The lowest BCUT2D eigenvalue weighted by molar-refractivity contribution is -0.121. The van der Waals surface area contributed by atoms with Gasteiger partial charge < -0.3 is 11.1 Å². The molecule has 0 aromatic heterocycles. The Kier molecular flexibility index (Phi) is 5.49. The number of thioether (sulfide) groups is 1. The van der Waals surface area contributed by atoms with E-state index in [0.29, 0.717) is 6.42 Å². The predicted molar refractivity (Wildman–Crippen MR) is 85.7 cm³/mol. The standard InChI is InChI=1S/C16H24N2OS/c1-20-16(9-5-6-10-16)12-18-15(19)11-14(17)13-7-3-2-4-8-13/h2-4,7-8,14H,5-6,9-12,17H2,1H3,(H,18,19). The van der Waals surface area contributed by atoms with E-state index < -0.39 is 0 Å². The number of amides is 1. The molecule has 3 N–H and O–H groups in total. The van der Waals surface area contributed by atoms with Gasteiger partial charge in [-0.1, -0.05) is 43.2 Å². The molecule has 2 rings (SSSR count). The Morgan fingerprint density at radius 2 is 2.00 bits per heavy atom. The van der Waals surface area contributed by atoms with Crippen LogP contribution in [0.2, 0.25) is 0 Å². The minimum absolute atomic E-state index is 0.0571. The van der Waals surface area contributed by atoms with Gasteiger partial charge in [0, 0.05) is 23.8 Å². The lowest BCUT2D eigenvalue weighted by atomic mass is 10.0. The second-order valence-electron chi connectivity index (χ2n) is 5.59. The van der Waals surface area contributed by atoms with Crippen LogP contribution in [-0.2, 0) is 4.79 Å². The van der Waals surface area contributed by atoms with Crippen molar-refractivity contribution < 1.29 is 4.79 Å². The topological polar surface area (TPSA) is 55.1 Å². The normalized spacial score (nSPS) is 18.7. The van der Waals surface area contributed by atoms with Crippen molar-refractivity contribution in [2.75, 3.05) is 12.8 Å². The third-order valence-corrected chi connectivity index (χ3v) is 5.61. The van der Waals surface area contributed by atoms with Gasteiger partial charge in [-0.15, -0.1) is 0 Å². The summed E-state index contributed by atoms with van der Waals surface area (Å²) in [6.07, 6.45) is 7.47. The van der Waals surface area contributed by atoms with E-state index in [2.05, 4.69) is 11.6 Å². The van der Waals surface area contributed by atoms with E-state index in [9.17, 15) is 4.79 Å². The monoisotopic (exact) mass is 292 g/mol. The molecule has 1 saturated carbocycles. The lowest BCUT2D eigenvalue weighted by Crippen LogP contribution is -2.39. The zero-order chi connectivity index (χ0) is 14.4. The number of hydrogen-bond donors (Lipinski definition) is 2. The molecule has 1 atom stereocenters. The third-order valence-electron chi connectivity index (χ3n) is 4.19. The van der Waals surface area contributed by atoms with Crippen molar-refractivity contribution in [1.82, 2.24) is 5.32 Å². The van der Waals surface area contributed by atoms with Gasteiger partial charge in [-0.3, -0.25) is 4.79 Å². The Morgan fingerprint density at radius 3 is 2.60 bits per heavy atom. The number of nitrogens with one attached hydrogen (secondary N) is 1. The molecule has 1 aromatic carbocycles. The van der Waals surface area contributed by atoms with Crippen LogP contribution < -0.4 is 11.1 Å². The molecule has 0 saturated heterocycles. The van der Waals surface area contributed by atoms with E-state index in [-0.39, 0.29) is 16.7 Å². The molecule has 110 valence electrons. The maximum atomic E-state index is 12.0. The summed E-state index contributed by atoms with van der Waals surface area (Å²) in [6, 6.07) is 9.59. The molecule has 0 radical (unpaired) electrons. The summed E-state index contributed by atoms with van der Waals surface area (Å²) in [5.41, 5.74) is 7.10. The Balaban J connectivity index is 1.81. The van der Waals surface area contributed by atoms with Crippen LogP contribution in [-0.4, -0.2) is 23.5 Å². The Morgan fingerprint density at radius 1 is 1.35 bits per heavy atom. The molecular formula is C16H24N2OS. The van der Waals surface area contributed by atoms with Crippen LogP contribution in [0.4, 0.5) is 0 Å². The molecule has 1 aromatic rings. The van der Waals surface area contributed by atoms with Gasteiger partial charge in [0.25, 0.3) is 0 Å². The first-order chi connectivity index (χ1) is 9.65. The molecule has 0 bridgehead atoms. The third kappa shape index (κ3) is 4.00. The Hall–Kier alpha value is -1.00. The molecule has 1 aliphatic carbocycles. The zero-order valence-electron chi connectivity index (χ0n) is 12.1. The number of carbonyl (C=O) groups is 1. The second kappa shape index (κ2) is 7.14. The summed E-state index contributed by atoms with van der Waals surface area (Å²) in [4.78, 5) is 12.0. The maximum absolute atomic E-state index is 12.0. The summed E-state index contributed by atoms with van der Waals surface area (Å²) in [5, 5.41) is 3.08. The summed E-state index contributed by atoms with van der Waals surface area (Å²) < 4.78 is 0.256. The average Bonchev–Trinajstić information content (AvgIpc) is 2.95. The van der Waals surface area contributed by atoms with Gasteiger partial charge in [0.05, 0.1) is 0 Å². The van der Waals surface area contributed by atoms with Crippen molar-refractivity contribution in [3.05, 3.63) is 35.9 Å². The number of hydrogen-bond acceptors (Lipinski definition) is 3. The fraction of sp³-hybridized carbons (Fsp3) is 0.562. The van der Waals surface area contributed by atoms with E-state index in [1.165, 1.54) is 25.7 Å². The molecule has 1 unspecified atom stereocenters. The van der Waals surface area contributed by atoms with E-state index in [1.807, 2.05) is 42.1 Å². The van der Waals surface area contributed by atoms with Gasteiger partial charge in [-0.2, -0.15) is 11.8 Å². The number of rotatable bonds is 6. The molecule has 1 amide bonds. The predicted octanol–water partition coefficient (Wildman–Crippen LogP) is 2.87.